The number of aromatic nitrogens is 1. The maximum Gasteiger partial charge on any atom is 0.330 e. The summed E-state index contributed by atoms with van der Waals surface area (Å²) >= 11 is 0. The molecule has 64 valence electrons. The first-order valence-electron chi connectivity index (χ1n) is 3.48. The molecule has 1 rings (SSSR count). The van der Waals surface area contributed by atoms with Crippen LogP contribution in [0.25, 0.3) is 0 Å². The Labute approximate surface area is 69.1 Å². The Balaban J connectivity index is 3.00. The van der Waals surface area contributed by atoms with Crippen LogP contribution in [0.1, 0.15) is 6.92 Å². The molecule has 0 amide bonds. The fraction of sp³-hybridized carbons (Fsp3) is 0.286. The molecule has 1 aromatic rings. The molecule has 5 nitrogen and oxygen atoms in total. The van der Waals surface area contributed by atoms with Gasteiger partial charge < -0.3 is 4.74 Å². The van der Waals surface area contributed by atoms with Gasteiger partial charge in [-0.2, -0.15) is 0 Å². The summed E-state index contributed by atoms with van der Waals surface area (Å²) in [6, 6.07) is 2.86. The van der Waals surface area contributed by atoms with Crippen molar-refractivity contribution in [3.8, 4) is 5.88 Å². The first-order chi connectivity index (χ1) is 5.75. The Morgan fingerprint density at radius 3 is 3.08 bits per heavy atom. The highest BCUT2D eigenvalue weighted by atomic mass is 16.6. The lowest BCUT2D eigenvalue weighted by molar-refractivity contribution is -0.386. The van der Waals surface area contributed by atoms with Crippen molar-refractivity contribution in [1.29, 1.82) is 0 Å². The third kappa shape index (κ3) is 1.69. The predicted molar refractivity (Wildman–Crippen MR) is 42.1 cm³/mol. The van der Waals surface area contributed by atoms with Crippen molar-refractivity contribution in [3.05, 3.63) is 28.4 Å². The standard InChI is InChI=1S/C7H8N2O3/c1-2-12-7-6(9(10)11)4-3-5-8-7/h3-5H,2H2,1H3. The number of hydrogen-bond donors (Lipinski definition) is 0. The van der Waals surface area contributed by atoms with E-state index in [-0.39, 0.29) is 11.6 Å². The van der Waals surface area contributed by atoms with E-state index in [0.717, 1.165) is 0 Å². The predicted octanol–water partition coefficient (Wildman–Crippen LogP) is 1.39. The summed E-state index contributed by atoms with van der Waals surface area (Å²) in [4.78, 5) is 13.6. The van der Waals surface area contributed by atoms with Crippen LogP contribution in [0.15, 0.2) is 18.3 Å². The fourth-order valence-electron chi connectivity index (χ4n) is 0.769. The van der Waals surface area contributed by atoms with Crippen molar-refractivity contribution in [3.63, 3.8) is 0 Å². The number of rotatable bonds is 3. The quantitative estimate of drug-likeness (QED) is 0.505. The van der Waals surface area contributed by atoms with Crippen LogP contribution in [-0.4, -0.2) is 16.5 Å². The third-order valence-corrected chi connectivity index (χ3v) is 1.23. The first kappa shape index (κ1) is 8.45. The van der Waals surface area contributed by atoms with Crippen LogP contribution in [0.3, 0.4) is 0 Å². The highest BCUT2D eigenvalue weighted by Crippen LogP contribution is 2.22. The summed E-state index contributed by atoms with van der Waals surface area (Å²) in [7, 11) is 0. The van der Waals surface area contributed by atoms with Crippen LogP contribution >= 0.6 is 0 Å². The summed E-state index contributed by atoms with van der Waals surface area (Å²) < 4.78 is 4.95. The molecule has 0 aliphatic carbocycles. The maximum absolute atomic E-state index is 10.4. The molecule has 1 aromatic heterocycles. The van der Waals surface area contributed by atoms with Crippen LogP contribution < -0.4 is 4.74 Å². The van der Waals surface area contributed by atoms with Gasteiger partial charge in [-0.05, 0) is 13.0 Å². The molecule has 0 radical (unpaired) electrons. The molecule has 0 saturated carbocycles. The lowest BCUT2D eigenvalue weighted by atomic mass is 10.4. The van der Waals surface area contributed by atoms with E-state index in [4.69, 9.17) is 4.74 Å². The summed E-state index contributed by atoms with van der Waals surface area (Å²) in [6.07, 6.45) is 1.46. The van der Waals surface area contributed by atoms with Crippen LogP contribution in [0, 0.1) is 10.1 Å². The zero-order chi connectivity index (χ0) is 8.97. The van der Waals surface area contributed by atoms with Crippen molar-refractivity contribution in [2.45, 2.75) is 6.92 Å². The Morgan fingerprint density at radius 2 is 2.50 bits per heavy atom. The van der Waals surface area contributed by atoms with E-state index in [1.807, 2.05) is 0 Å². The molecule has 12 heavy (non-hydrogen) atoms. The second kappa shape index (κ2) is 3.66. The zero-order valence-electron chi connectivity index (χ0n) is 6.56. The van der Waals surface area contributed by atoms with Gasteiger partial charge in [0, 0.05) is 12.3 Å². The number of ether oxygens (including phenoxy) is 1. The van der Waals surface area contributed by atoms with E-state index in [0.29, 0.717) is 6.61 Å². The second-order valence-corrected chi connectivity index (χ2v) is 2.02. The topological polar surface area (TPSA) is 65.3 Å². The molecule has 0 spiro atoms. The van der Waals surface area contributed by atoms with Gasteiger partial charge in [-0.25, -0.2) is 4.98 Å². The highest BCUT2D eigenvalue weighted by molar-refractivity contribution is 5.39. The molecule has 0 bridgehead atoms. The minimum absolute atomic E-state index is 0.0741. The highest BCUT2D eigenvalue weighted by Gasteiger charge is 2.14. The van der Waals surface area contributed by atoms with Gasteiger partial charge in [0.2, 0.25) is 0 Å². The van der Waals surface area contributed by atoms with Crippen molar-refractivity contribution in [2.24, 2.45) is 0 Å². The number of pyridine rings is 1. The Morgan fingerprint density at radius 1 is 1.75 bits per heavy atom. The van der Waals surface area contributed by atoms with E-state index in [1.54, 1.807) is 6.92 Å². The van der Waals surface area contributed by atoms with Crippen LogP contribution in [0.4, 0.5) is 5.69 Å². The Hall–Kier alpha value is -1.65. The van der Waals surface area contributed by atoms with Crippen LogP contribution in [-0.2, 0) is 0 Å². The number of hydrogen-bond acceptors (Lipinski definition) is 4. The van der Waals surface area contributed by atoms with Gasteiger partial charge in [0.25, 0.3) is 5.88 Å². The number of nitro groups is 1. The second-order valence-electron chi connectivity index (χ2n) is 2.02. The summed E-state index contributed by atoms with van der Waals surface area (Å²) in [5, 5.41) is 10.4. The van der Waals surface area contributed by atoms with Crippen molar-refractivity contribution in [2.75, 3.05) is 6.61 Å². The summed E-state index contributed by atoms with van der Waals surface area (Å²) in [6.45, 7) is 2.12. The molecule has 0 atom stereocenters. The normalized spacial score (nSPS) is 9.42. The van der Waals surface area contributed by atoms with E-state index < -0.39 is 4.92 Å². The molecule has 0 N–H and O–H groups in total. The van der Waals surface area contributed by atoms with Crippen molar-refractivity contribution >= 4 is 5.69 Å². The maximum atomic E-state index is 10.4. The van der Waals surface area contributed by atoms with E-state index in [2.05, 4.69) is 4.98 Å². The molecule has 5 heteroatoms. The van der Waals surface area contributed by atoms with E-state index >= 15 is 0 Å². The lowest BCUT2D eigenvalue weighted by Crippen LogP contribution is -1.98. The average Bonchev–Trinajstić information content (AvgIpc) is 2.05. The van der Waals surface area contributed by atoms with Gasteiger partial charge in [-0.3, -0.25) is 10.1 Å². The number of nitrogens with zero attached hydrogens (tertiary/aromatic N) is 2. The summed E-state index contributed by atoms with van der Waals surface area (Å²) in [5.74, 6) is 0.0741. The molecular weight excluding hydrogens is 160 g/mol. The first-order valence-corrected chi connectivity index (χ1v) is 3.48. The van der Waals surface area contributed by atoms with E-state index in [1.165, 1.54) is 18.3 Å². The molecule has 0 aliphatic rings. The van der Waals surface area contributed by atoms with Crippen LogP contribution in [0.2, 0.25) is 0 Å². The van der Waals surface area contributed by atoms with Crippen LogP contribution in [0.5, 0.6) is 5.88 Å². The van der Waals surface area contributed by atoms with Gasteiger partial charge >= 0.3 is 5.69 Å². The molecule has 0 saturated heterocycles. The minimum atomic E-state index is -0.516. The fourth-order valence-corrected chi connectivity index (χ4v) is 0.769. The Kier molecular flexibility index (Phi) is 2.57. The van der Waals surface area contributed by atoms with E-state index in [9.17, 15) is 10.1 Å². The molecule has 1 heterocycles. The average molecular weight is 168 g/mol. The molecule has 0 unspecified atom stereocenters. The summed E-state index contributed by atoms with van der Waals surface area (Å²) in [5.41, 5.74) is -0.0978. The zero-order valence-corrected chi connectivity index (χ0v) is 6.56. The third-order valence-electron chi connectivity index (χ3n) is 1.23. The van der Waals surface area contributed by atoms with Gasteiger partial charge in [0.15, 0.2) is 0 Å². The molecular formula is C7H8N2O3. The lowest BCUT2D eigenvalue weighted by Gasteiger charge is -2.00. The minimum Gasteiger partial charge on any atom is -0.473 e. The van der Waals surface area contributed by atoms with Gasteiger partial charge in [0.05, 0.1) is 11.5 Å². The molecule has 0 fully saturated rings. The molecule has 0 aromatic carbocycles. The van der Waals surface area contributed by atoms with Crippen molar-refractivity contribution in [1.82, 2.24) is 4.98 Å². The van der Waals surface area contributed by atoms with Gasteiger partial charge in [-0.1, -0.05) is 0 Å². The van der Waals surface area contributed by atoms with Crippen molar-refractivity contribution < 1.29 is 9.66 Å². The van der Waals surface area contributed by atoms with Gasteiger partial charge in [-0.15, -0.1) is 0 Å². The SMILES string of the molecule is CCOc1ncccc1[N+](=O)[O-]. The largest absolute Gasteiger partial charge is 0.473 e. The molecule has 0 aliphatic heterocycles. The Bertz CT molecular complexity index is 288. The van der Waals surface area contributed by atoms with Gasteiger partial charge in [0.1, 0.15) is 0 Å². The monoisotopic (exact) mass is 168 g/mol. The smallest absolute Gasteiger partial charge is 0.330 e.